The highest BCUT2D eigenvalue weighted by molar-refractivity contribution is 5.52. The van der Waals surface area contributed by atoms with Gasteiger partial charge in [0.2, 0.25) is 0 Å². The average Bonchev–Trinajstić information content (AvgIpc) is 2.58. The average molecular weight is 350 g/mol. The number of hydrogen-bond donors (Lipinski definition) is 1. The minimum Gasteiger partial charge on any atom is -0.435 e. The molecule has 0 bridgehead atoms. The molecule has 0 aliphatic heterocycles. The van der Waals surface area contributed by atoms with E-state index in [1.54, 1.807) is 25.1 Å². The molecule has 0 amide bonds. The number of nitrogens with zero attached hydrogens (tertiary/aromatic N) is 3. The van der Waals surface area contributed by atoms with Crippen LogP contribution in [0.3, 0.4) is 0 Å². The smallest absolute Gasteiger partial charge is 0.387 e. The number of halogens is 2. The summed E-state index contributed by atoms with van der Waals surface area (Å²) in [7, 11) is 2.73. The molecular formula is C16H16F2N4O3. The zero-order chi connectivity index (χ0) is 18.7. The first-order chi connectivity index (χ1) is 11.8. The van der Waals surface area contributed by atoms with Crippen LogP contribution in [0.25, 0.3) is 0 Å². The maximum atomic E-state index is 12.2. The number of hydrogen-bond acceptors (Lipinski definition) is 5. The molecule has 1 heterocycles. The van der Waals surface area contributed by atoms with Gasteiger partial charge in [-0.3, -0.25) is 13.9 Å². The molecule has 0 radical (unpaired) electrons. The fourth-order valence-corrected chi connectivity index (χ4v) is 2.34. The van der Waals surface area contributed by atoms with Crippen molar-refractivity contribution in [1.82, 2.24) is 9.13 Å². The topological polar surface area (TPSA) is 89.0 Å². The molecule has 132 valence electrons. The van der Waals surface area contributed by atoms with E-state index in [4.69, 9.17) is 0 Å². The summed E-state index contributed by atoms with van der Waals surface area (Å²) in [4.78, 5) is 24.1. The molecule has 2 aromatic rings. The van der Waals surface area contributed by atoms with Crippen molar-refractivity contribution in [3.05, 3.63) is 56.2 Å². The molecule has 2 rings (SSSR count). The first-order valence-corrected chi connectivity index (χ1v) is 7.27. The Morgan fingerprint density at radius 2 is 1.76 bits per heavy atom. The Hall–Kier alpha value is -3.15. The van der Waals surface area contributed by atoms with Crippen LogP contribution in [0, 0.1) is 11.3 Å². The number of alkyl halides is 2. The molecule has 0 aliphatic carbocycles. The van der Waals surface area contributed by atoms with Gasteiger partial charge >= 0.3 is 12.3 Å². The Morgan fingerprint density at radius 1 is 1.16 bits per heavy atom. The molecule has 25 heavy (non-hydrogen) atoms. The van der Waals surface area contributed by atoms with Crippen molar-refractivity contribution < 1.29 is 13.5 Å². The molecule has 7 nitrogen and oxygen atoms in total. The molecule has 1 aromatic carbocycles. The third-order valence-electron chi connectivity index (χ3n) is 3.73. The summed E-state index contributed by atoms with van der Waals surface area (Å²) in [6.45, 7) is -1.17. The predicted molar refractivity (Wildman–Crippen MR) is 86.8 cm³/mol. The highest BCUT2D eigenvalue weighted by atomic mass is 19.3. The third-order valence-corrected chi connectivity index (χ3v) is 3.73. The standard InChI is InChI=1S/C16H16F2N4O3/c1-9(10-4-6-11(7-5-10)25-15(17)18)20-13-12(8-19)14(23)22(3)16(24)21(13)2/h4-7,9,15,20H,1-3H3. The van der Waals surface area contributed by atoms with E-state index in [9.17, 15) is 23.6 Å². The van der Waals surface area contributed by atoms with Crippen molar-refractivity contribution in [2.45, 2.75) is 19.6 Å². The Kier molecular flexibility index (Phi) is 5.22. The number of nitriles is 1. The lowest BCUT2D eigenvalue weighted by molar-refractivity contribution is -0.0498. The number of aromatic nitrogens is 2. The third kappa shape index (κ3) is 3.68. The molecule has 0 saturated carbocycles. The monoisotopic (exact) mass is 350 g/mol. The van der Waals surface area contributed by atoms with Crippen LogP contribution in [-0.4, -0.2) is 15.7 Å². The first-order valence-electron chi connectivity index (χ1n) is 7.27. The van der Waals surface area contributed by atoms with Gasteiger partial charge in [-0.1, -0.05) is 12.1 Å². The summed E-state index contributed by atoms with van der Waals surface area (Å²) < 4.78 is 30.7. The Bertz CT molecular complexity index is 927. The van der Waals surface area contributed by atoms with Crippen LogP contribution in [0.5, 0.6) is 5.75 Å². The van der Waals surface area contributed by atoms with Gasteiger partial charge in [0.1, 0.15) is 17.6 Å². The van der Waals surface area contributed by atoms with Crippen molar-refractivity contribution in [2.24, 2.45) is 14.1 Å². The fraction of sp³-hybridized carbons (Fsp3) is 0.312. The number of benzene rings is 1. The fourth-order valence-electron chi connectivity index (χ4n) is 2.34. The van der Waals surface area contributed by atoms with Crippen molar-refractivity contribution in [3.8, 4) is 11.8 Å². The van der Waals surface area contributed by atoms with E-state index in [-0.39, 0.29) is 17.1 Å². The number of nitrogens with one attached hydrogen (secondary N) is 1. The van der Waals surface area contributed by atoms with E-state index in [1.807, 2.05) is 0 Å². The maximum absolute atomic E-state index is 12.2. The molecule has 0 saturated heterocycles. The predicted octanol–water partition coefficient (Wildman–Crippen LogP) is 1.73. The molecule has 0 fully saturated rings. The van der Waals surface area contributed by atoms with Crippen LogP contribution in [0.4, 0.5) is 14.6 Å². The first kappa shape index (κ1) is 18.2. The summed E-state index contributed by atoms with van der Waals surface area (Å²) in [5.41, 5.74) is -0.756. The highest BCUT2D eigenvalue weighted by Gasteiger charge is 2.17. The van der Waals surface area contributed by atoms with Crippen LogP contribution in [0.1, 0.15) is 24.1 Å². The normalized spacial score (nSPS) is 11.9. The largest absolute Gasteiger partial charge is 0.435 e. The van der Waals surface area contributed by atoms with Crippen LogP contribution < -0.4 is 21.3 Å². The zero-order valence-corrected chi connectivity index (χ0v) is 13.8. The molecule has 9 heteroatoms. The summed E-state index contributed by atoms with van der Waals surface area (Å²) in [6, 6.07) is 7.31. The lowest BCUT2D eigenvalue weighted by Crippen LogP contribution is -2.40. The molecule has 1 atom stereocenters. The zero-order valence-electron chi connectivity index (χ0n) is 13.8. The SMILES string of the molecule is CC(Nc1c(C#N)c(=O)n(C)c(=O)n1C)c1ccc(OC(F)F)cc1. The van der Waals surface area contributed by atoms with Gasteiger partial charge in [0.25, 0.3) is 5.56 Å². The van der Waals surface area contributed by atoms with Crippen molar-refractivity contribution in [3.63, 3.8) is 0 Å². The second-order valence-corrected chi connectivity index (χ2v) is 5.35. The van der Waals surface area contributed by atoms with E-state index in [1.165, 1.54) is 30.8 Å². The molecule has 1 aromatic heterocycles. The van der Waals surface area contributed by atoms with Crippen LogP contribution in [0.2, 0.25) is 0 Å². The minimum absolute atomic E-state index is 0.0182. The summed E-state index contributed by atoms with van der Waals surface area (Å²) in [5, 5.41) is 12.2. The quantitative estimate of drug-likeness (QED) is 0.887. The van der Waals surface area contributed by atoms with Gasteiger partial charge in [-0.25, -0.2) is 4.79 Å². The lowest BCUT2D eigenvalue weighted by Gasteiger charge is -2.19. The van der Waals surface area contributed by atoms with Crippen LogP contribution >= 0.6 is 0 Å². The van der Waals surface area contributed by atoms with Crippen molar-refractivity contribution in [2.75, 3.05) is 5.32 Å². The minimum atomic E-state index is -2.91. The maximum Gasteiger partial charge on any atom is 0.387 e. The molecule has 1 unspecified atom stereocenters. The number of ether oxygens (including phenoxy) is 1. The van der Waals surface area contributed by atoms with E-state index in [0.717, 1.165) is 4.57 Å². The van der Waals surface area contributed by atoms with Gasteiger partial charge in [0, 0.05) is 20.1 Å². The second kappa shape index (κ2) is 7.17. The second-order valence-electron chi connectivity index (χ2n) is 5.35. The molecular weight excluding hydrogens is 334 g/mol. The Morgan fingerprint density at radius 3 is 2.28 bits per heavy atom. The lowest BCUT2D eigenvalue weighted by atomic mass is 10.1. The van der Waals surface area contributed by atoms with Gasteiger partial charge in [0.05, 0.1) is 0 Å². The summed E-state index contributed by atoms with van der Waals surface area (Å²) in [6.07, 6.45) is 0. The van der Waals surface area contributed by atoms with Crippen molar-refractivity contribution in [1.29, 1.82) is 5.26 Å². The number of rotatable bonds is 5. The molecule has 0 spiro atoms. The highest BCUT2D eigenvalue weighted by Crippen LogP contribution is 2.22. The van der Waals surface area contributed by atoms with Crippen LogP contribution in [0.15, 0.2) is 33.9 Å². The Balaban J connectivity index is 2.35. The van der Waals surface area contributed by atoms with Gasteiger partial charge in [-0.05, 0) is 24.6 Å². The summed E-state index contributed by atoms with van der Waals surface area (Å²) >= 11 is 0. The van der Waals surface area contributed by atoms with E-state index in [0.29, 0.717) is 5.56 Å². The van der Waals surface area contributed by atoms with Gasteiger partial charge in [-0.2, -0.15) is 14.0 Å². The van der Waals surface area contributed by atoms with E-state index < -0.39 is 23.9 Å². The van der Waals surface area contributed by atoms with E-state index >= 15 is 0 Å². The molecule has 0 aliphatic rings. The van der Waals surface area contributed by atoms with E-state index in [2.05, 4.69) is 10.1 Å². The Labute approximate surface area is 141 Å². The number of anilines is 1. The van der Waals surface area contributed by atoms with Crippen LogP contribution in [-0.2, 0) is 14.1 Å². The van der Waals surface area contributed by atoms with Crippen molar-refractivity contribution >= 4 is 5.82 Å². The van der Waals surface area contributed by atoms with Gasteiger partial charge in [-0.15, -0.1) is 0 Å². The van der Waals surface area contributed by atoms with Gasteiger partial charge < -0.3 is 10.1 Å². The molecule has 1 N–H and O–H groups in total. The summed E-state index contributed by atoms with van der Waals surface area (Å²) in [5.74, 6) is 0.112. The van der Waals surface area contributed by atoms with Gasteiger partial charge in [0.15, 0.2) is 5.56 Å².